The van der Waals surface area contributed by atoms with Gasteiger partial charge in [-0.2, -0.15) is 0 Å². The highest BCUT2D eigenvalue weighted by Crippen LogP contribution is 2.41. The van der Waals surface area contributed by atoms with E-state index in [0.29, 0.717) is 23.6 Å². The molecule has 4 heterocycles. The Bertz CT molecular complexity index is 1060. The van der Waals surface area contributed by atoms with E-state index in [0.717, 1.165) is 36.4 Å². The zero-order valence-corrected chi connectivity index (χ0v) is 20.5. The molecule has 0 radical (unpaired) electrons. The van der Waals surface area contributed by atoms with E-state index in [2.05, 4.69) is 26.6 Å². The van der Waals surface area contributed by atoms with Crippen molar-refractivity contribution in [1.82, 2.24) is 15.2 Å². The summed E-state index contributed by atoms with van der Waals surface area (Å²) in [4.78, 5) is 31.7. The molecule has 186 valence electrons. The van der Waals surface area contributed by atoms with Gasteiger partial charge in [0, 0.05) is 24.5 Å². The van der Waals surface area contributed by atoms with E-state index < -0.39 is 17.7 Å². The fraction of sp³-hybridized carbons (Fsp3) is 0.500. The lowest BCUT2D eigenvalue weighted by Crippen LogP contribution is -2.43. The largest absolute Gasteiger partial charge is 0.416 e. The minimum absolute atomic E-state index is 0.00747. The third kappa shape index (κ3) is 5.29. The van der Waals surface area contributed by atoms with Gasteiger partial charge in [0.2, 0.25) is 0 Å². The van der Waals surface area contributed by atoms with Gasteiger partial charge in [-0.05, 0) is 68.2 Å². The van der Waals surface area contributed by atoms with Gasteiger partial charge in [0.1, 0.15) is 0 Å². The Morgan fingerprint density at radius 1 is 1.09 bits per heavy atom. The number of fused-ring (bicyclic) bond motifs is 2. The summed E-state index contributed by atoms with van der Waals surface area (Å²) in [6, 6.07) is 7.56. The van der Waals surface area contributed by atoms with Crippen molar-refractivity contribution in [3.05, 3.63) is 58.4 Å². The summed E-state index contributed by atoms with van der Waals surface area (Å²) in [5, 5.41) is 7.55. The van der Waals surface area contributed by atoms with E-state index in [1.54, 1.807) is 12.3 Å². The minimum Gasteiger partial charge on any atom is -0.416 e. The fourth-order valence-corrected chi connectivity index (χ4v) is 5.45. The number of ether oxygens (including phenoxy) is 2. The van der Waals surface area contributed by atoms with Crippen LogP contribution in [-0.4, -0.2) is 54.5 Å². The third-order valence-corrected chi connectivity index (χ3v) is 7.28. The van der Waals surface area contributed by atoms with Crippen LogP contribution in [0, 0.1) is 0 Å². The first-order valence-electron chi connectivity index (χ1n) is 12.4. The maximum absolute atomic E-state index is 12.4. The zero-order valence-electron chi connectivity index (χ0n) is 19.7. The number of carbonyl (C=O) groups excluding carboxylic acids is 2. The van der Waals surface area contributed by atoms with Crippen molar-refractivity contribution >= 4 is 29.2 Å². The standard InChI is InChI=1S/C26H31ClN4O4/c27-21-7-6-20-19(10-12-29-17-26(20)34-23(32)8-9-24(33)35-26)25(21)30-22(18-5-4-11-28-15-18)16-31-13-2-1-3-14-31/h4-7,11,15,22,29-30H,1-3,8-10,12-14,16-17H2. The van der Waals surface area contributed by atoms with Gasteiger partial charge in [-0.3, -0.25) is 14.6 Å². The molecule has 1 aromatic carbocycles. The smallest absolute Gasteiger partial charge is 0.309 e. The molecule has 0 aliphatic carbocycles. The molecule has 35 heavy (non-hydrogen) atoms. The molecule has 8 nitrogen and oxygen atoms in total. The molecule has 1 atom stereocenters. The number of esters is 2. The number of nitrogens with zero attached hydrogens (tertiary/aromatic N) is 2. The molecule has 0 amide bonds. The summed E-state index contributed by atoms with van der Waals surface area (Å²) in [5.41, 5.74) is 3.38. The first kappa shape index (κ1) is 24.0. The Kier molecular flexibility index (Phi) is 7.22. The molecule has 2 N–H and O–H groups in total. The number of benzene rings is 1. The number of aromatic nitrogens is 1. The Balaban J connectivity index is 1.54. The topological polar surface area (TPSA) is 92.8 Å². The summed E-state index contributed by atoms with van der Waals surface area (Å²) in [6.07, 6.45) is 7.98. The summed E-state index contributed by atoms with van der Waals surface area (Å²) in [6.45, 7) is 3.77. The van der Waals surface area contributed by atoms with Gasteiger partial charge in [0.15, 0.2) is 0 Å². The Morgan fingerprint density at radius 2 is 1.86 bits per heavy atom. The predicted molar refractivity (Wildman–Crippen MR) is 132 cm³/mol. The van der Waals surface area contributed by atoms with Crippen LogP contribution in [0.5, 0.6) is 0 Å². The summed E-state index contributed by atoms with van der Waals surface area (Å²) in [7, 11) is 0. The maximum atomic E-state index is 12.4. The number of halogens is 1. The monoisotopic (exact) mass is 498 g/mol. The zero-order chi connectivity index (χ0) is 24.3. The van der Waals surface area contributed by atoms with Gasteiger partial charge in [0.05, 0.1) is 36.1 Å². The number of piperidine rings is 1. The number of likely N-dealkylation sites (tertiary alicyclic amines) is 1. The summed E-state index contributed by atoms with van der Waals surface area (Å²) >= 11 is 6.78. The highest BCUT2D eigenvalue weighted by Gasteiger charge is 2.46. The number of pyridine rings is 1. The molecular formula is C26H31ClN4O4. The summed E-state index contributed by atoms with van der Waals surface area (Å²) in [5.74, 6) is -2.41. The minimum atomic E-state index is -1.51. The lowest BCUT2D eigenvalue weighted by Gasteiger charge is -2.34. The molecule has 2 saturated heterocycles. The van der Waals surface area contributed by atoms with E-state index in [4.69, 9.17) is 21.1 Å². The first-order valence-corrected chi connectivity index (χ1v) is 12.8. The molecule has 5 rings (SSSR count). The molecule has 2 fully saturated rings. The Hall–Kier alpha value is -2.68. The van der Waals surface area contributed by atoms with E-state index >= 15 is 0 Å². The van der Waals surface area contributed by atoms with Crippen LogP contribution in [0.3, 0.4) is 0 Å². The molecule has 3 aliphatic heterocycles. The molecule has 1 aromatic heterocycles. The molecule has 0 saturated carbocycles. The van der Waals surface area contributed by atoms with Crippen molar-refractivity contribution in [3.8, 4) is 0 Å². The molecular weight excluding hydrogens is 468 g/mol. The normalized spacial score (nSPS) is 21.3. The van der Waals surface area contributed by atoms with Crippen LogP contribution in [0.1, 0.15) is 54.8 Å². The van der Waals surface area contributed by atoms with Crippen LogP contribution in [-0.2, 0) is 31.3 Å². The van der Waals surface area contributed by atoms with E-state index in [1.807, 2.05) is 18.3 Å². The quantitative estimate of drug-likeness (QED) is 0.605. The third-order valence-electron chi connectivity index (χ3n) is 6.97. The van der Waals surface area contributed by atoms with E-state index in [-0.39, 0.29) is 25.4 Å². The van der Waals surface area contributed by atoms with Crippen LogP contribution in [0.15, 0.2) is 36.7 Å². The second-order valence-corrected chi connectivity index (χ2v) is 9.83. The lowest BCUT2D eigenvalue weighted by atomic mass is 9.95. The highest BCUT2D eigenvalue weighted by atomic mass is 35.5. The number of anilines is 1. The van der Waals surface area contributed by atoms with Crippen molar-refractivity contribution in [2.45, 2.75) is 50.4 Å². The highest BCUT2D eigenvalue weighted by molar-refractivity contribution is 6.33. The molecule has 0 bridgehead atoms. The number of carbonyl (C=O) groups is 2. The van der Waals surface area contributed by atoms with E-state index in [9.17, 15) is 9.59 Å². The van der Waals surface area contributed by atoms with Crippen molar-refractivity contribution in [2.24, 2.45) is 0 Å². The molecule has 1 unspecified atom stereocenters. The molecule has 1 spiro atoms. The van der Waals surface area contributed by atoms with Crippen LogP contribution >= 0.6 is 11.6 Å². The second kappa shape index (κ2) is 10.5. The number of hydrogen-bond donors (Lipinski definition) is 2. The first-order chi connectivity index (χ1) is 17.0. The maximum Gasteiger partial charge on any atom is 0.309 e. The van der Waals surface area contributed by atoms with Gasteiger partial charge in [0.25, 0.3) is 5.79 Å². The number of hydrogen-bond acceptors (Lipinski definition) is 8. The van der Waals surface area contributed by atoms with Gasteiger partial charge >= 0.3 is 11.9 Å². The van der Waals surface area contributed by atoms with Gasteiger partial charge in [-0.1, -0.05) is 24.1 Å². The van der Waals surface area contributed by atoms with Crippen LogP contribution in [0.2, 0.25) is 5.02 Å². The Labute approximate surface area is 210 Å². The molecule has 2 aromatic rings. The average molecular weight is 499 g/mol. The van der Waals surface area contributed by atoms with Crippen molar-refractivity contribution in [2.75, 3.05) is 38.0 Å². The predicted octanol–water partition coefficient (Wildman–Crippen LogP) is 3.55. The van der Waals surface area contributed by atoms with Crippen molar-refractivity contribution in [3.63, 3.8) is 0 Å². The van der Waals surface area contributed by atoms with Crippen molar-refractivity contribution in [1.29, 1.82) is 0 Å². The van der Waals surface area contributed by atoms with Gasteiger partial charge in [-0.15, -0.1) is 0 Å². The Morgan fingerprint density at radius 3 is 2.57 bits per heavy atom. The van der Waals surface area contributed by atoms with Gasteiger partial charge < -0.3 is 25.0 Å². The molecule has 9 heteroatoms. The van der Waals surface area contributed by atoms with Gasteiger partial charge in [-0.25, -0.2) is 0 Å². The SMILES string of the molecule is O=C1CCC(=O)OC2(CNCCc3c2ccc(Cl)c3NC(CN2CCCCC2)c2cccnc2)O1. The number of rotatable bonds is 5. The number of nitrogens with one attached hydrogen (secondary N) is 2. The summed E-state index contributed by atoms with van der Waals surface area (Å²) < 4.78 is 11.6. The second-order valence-electron chi connectivity index (χ2n) is 9.42. The van der Waals surface area contributed by atoms with Crippen LogP contribution in [0.25, 0.3) is 0 Å². The van der Waals surface area contributed by atoms with Crippen LogP contribution in [0.4, 0.5) is 5.69 Å². The van der Waals surface area contributed by atoms with Crippen molar-refractivity contribution < 1.29 is 19.1 Å². The van der Waals surface area contributed by atoms with Crippen LogP contribution < -0.4 is 10.6 Å². The lowest BCUT2D eigenvalue weighted by molar-refractivity contribution is -0.225. The average Bonchev–Trinajstić information content (AvgIpc) is 3.13. The molecule has 3 aliphatic rings. The van der Waals surface area contributed by atoms with E-state index in [1.165, 1.54) is 19.3 Å². The fourth-order valence-electron chi connectivity index (χ4n) is 5.22.